The van der Waals surface area contributed by atoms with Crippen LogP contribution in [0.15, 0.2) is 48.7 Å². The zero-order chi connectivity index (χ0) is 24.6. The van der Waals surface area contributed by atoms with Crippen LogP contribution in [0.5, 0.6) is 5.75 Å². The molecule has 0 bridgehead atoms. The number of halogens is 2. The molecule has 0 saturated heterocycles. The van der Waals surface area contributed by atoms with Gasteiger partial charge >= 0.3 is 0 Å². The predicted octanol–water partition coefficient (Wildman–Crippen LogP) is 9.86. The van der Waals surface area contributed by atoms with Crippen molar-refractivity contribution in [2.24, 2.45) is 11.8 Å². The lowest BCUT2D eigenvalue weighted by Crippen LogP contribution is -2.15. The molecule has 0 aliphatic heterocycles. The Hall–Kier alpha value is -2.16. The summed E-state index contributed by atoms with van der Waals surface area (Å²) >= 11 is 0. The molecule has 0 amide bonds. The van der Waals surface area contributed by atoms with Crippen LogP contribution in [0.3, 0.4) is 0 Å². The van der Waals surface area contributed by atoms with Gasteiger partial charge in [0.15, 0.2) is 11.6 Å². The lowest BCUT2D eigenvalue weighted by atomic mass is 9.75. The normalized spacial score (nSPS) is 25.1. The van der Waals surface area contributed by atoms with Crippen LogP contribution in [-0.4, -0.2) is 0 Å². The molecule has 1 nitrogen and oxygen atoms in total. The Balaban J connectivity index is 1.24. The molecule has 2 aromatic rings. The van der Waals surface area contributed by atoms with Crippen molar-refractivity contribution < 1.29 is 13.5 Å². The number of hydrogen-bond acceptors (Lipinski definition) is 1. The second-order valence-corrected chi connectivity index (χ2v) is 10.9. The highest BCUT2D eigenvalue weighted by molar-refractivity contribution is 5.32. The molecule has 0 aromatic heterocycles. The number of aryl methyl sites for hydroxylation is 1. The highest BCUT2D eigenvalue weighted by atomic mass is 19.2. The van der Waals surface area contributed by atoms with Crippen LogP contribution in [0.1, 0.15) is 113 Å². The summed E-state index contributed by atoms with van der Waals surface area (Å²) in [5.74, 6) is 1.23. The SMILES string of the molecule is C/C=C/Oc1ccc(CCC2CCC(c3ccc(C4CCC(CCC)CC4)cc3)CC2)c(F)c1F. The molecular weight excluding hydrogens is 438 g/mol. The number of rotatable bonds is 9. The van der Waals surface area contributed by atoms with Crippen LogP contribution in [0.4, 0.5) is 8.78 Å². The summed E-state index contributed by atoms with van der Waals surface area (Å²) in [7, 11) is 0. The number of ether oxygens (including phenoxy) is 1. The van der Waals surface area contributed by atoms with Crippen molar-refractivity contribution in [1.29, 1.82) is 0 Å². The molecule has 0 atom stereocenters. The molecule has 2 aromatic carbocycles. The van der Waals surface area contributed by atoms with E-state index in [4.69, 9.17) is 4.74 Å². The summed E-state index contributed by atoms with van der Waals surface area (Å²) in [6.45, 7) is 4.08. The lowest BCUT2D eigenvalue weighted by Gasteiger charge is -2.30. The third-order valence-electron chi connectivity index (χ3n) is 8.55. The molecule has 2 fully saturated rings. The van der Waals surface area contributed by atoms with Crippen molar-refractivity contribution in [3.8, 4) is 5.75 Å². The summed E-state index contributed by atoms with van der Waals surface area (Å²) in [5.41, 5.74) is 3.47. The van der Waals surface area contributed by atoms with Gasteiger partial charge in [-0.25, -0.2) is 4.39 Å². The van der Waals surface area contributed by atoms with Gasteiger partial charge in [-0.3, -0.25) is 0 Å². The van der Waals surface area contributed by atoms with E-state index in [1.165, 1.54) is 87.7 Å². The molecule has 0 unspecified atom stereocenters. The number of allylic oxidation sites excluding steroid dienone is 1. The van der Waals surface area contributed by atoms with Crippen molar-refractivity contribution in [2.75, 3.05) is 0 Å². The third-order valence-corrected chi connectivity index (χ3v) is 8.55. The van der Waals surface area contributed by atoms with E-state index in [0.29, 0.717) is 23.8 Å². The molecule has 35 heavy (non-hydrogen) atoms. The Kier molecular flexibility index (Phi) is 9.40. The smallest absolute Gasteiger partial charge is 0.201 e. The average Bonchev–Trinajstić information content (AvgIpc) is 2.90. The predicted molar refractivity (Wildman–Crippen MR) is 141 cm³/mol. The minimum atomic E-state index is -0.887. The Bertz CT molecular complexity index is 948. The monoisotopic (exact) mass is 480 g/mol. The molecule has 0 radical (unpaired) electrons. The zero-order valence-corrected chi connectivity index (χ0v) is 21.6. The van der Waals surface area contributed by atoms with Gasteiger partial charge in [-0.05, 0) is 118 Å². The zero-order valence-electron chi connectivity index (χ0n) is 21.6. The van der Waals surface area contributed by atoms with Crippen LogP contribution in [-0.2, 0) is 6.42 Å². The van der Waals surface area contributed by atoms with Crippen LogP contribution in [0, 0.1) is 23.5 Å². The summed E-state index contributed by atoms with van der Waals surface area (Å²) in [6.07, 6.45) is 17.4. The van der Waals surface area contributed by atoms with Gasteiger partial charge in [-0.2, -0.15) is 4.39 Å². The van der Waals surface area contributed by atoms with E-state index in [9.17, 15) is 8.78 Å². The highest BCUT2D eigenvalue weighted by Crippen LogP contribution is 2.40. The minimum Gasteiger partial charge on any atom is -0.462 e. The molecule has 0 heterocycles. The first-order valence-corrected chi connectivity index (χ1v) is 13.9. The molecule has 2 saturated carbocycles. The van der Waals surface area contributed by atoms with E-state index in [2.05, 4.69) is 31.2 Å². The first-order valence-electron chi connectivity index (χ1n) is 13.9. The first-order chi connectivity index (χ1) is 17.1. The van der Waals surface area contributed by atoms with Crippen LogP contribution >= 0.6 is 0 Å². The maximum absolute atomic E-state index is 14.5. The van der Waals surface area contributed by atoms with Gasteiger partial charge in [0.25, 0.3) is 0 Å². The Morgan fingerprint density at radius 2 is 1.29 bits per heavy atom. The summed E-state index contributed by atoms with van der Waals surface area (Å²) < 4.78 is 33.8. The van der Waals surface area contributed by atoms with Gasteiger partial charge in [-0.15, -0.1) is 0 Å². The van der Waals surface area contributed by atoms with E-state index >= 15 is 0 Å². The lowest BCUT2D eigenvalue weighted by molar-refractivity contribution is 0.306. The van der Waals surface area contributed by atoms with E-state index < -0.39 is 11.6 Å². The van der Waals surface area contributed by atoms with Gasteiger partial charge in [0.1, 0.15) is 0 Å². The Morgan fingerprint density at radius 1 is 0.743 bits per heavy atom. The molecule has 3 heteroatoms. The topological polar surface area (TPSA) is 9.23 Å². The maximum Gasteiger partial charge on any atom is 0.201 e. The fraction of sp³-hybridized carbons (Fsp3) is 0.562. The van der Waals surface area contributed by atoms with E-state index in [0.717, 1.165) is 18.3 Å². The fourth-order valence-electron chi connectivity index (χ4n) is 6.37. The van der Waals surface area contributed by atoms with Gasteiger partial charge in [0.2, 0.25) is 5.82 Å². The van der Waals surface area contributed by atoms with Crippen molar-refractivity contribution in [2.45, 2.75) is 103 Å². The fourth-order valence-corrected chi connectivity index (χ4v) is 6.37. The van der Waals surface area contributed by atoms with Gasteiger partial charge < -0.3 is 4.74 Å². The first kappa shape index (κ1) is 25.9. The van der Waals surface area contributed by atoms with Crippen LogP contribution in [0.2, 0.25) is 0 Å². The second kappa shape index (κ2) is 12.7. The Labute approximate surface area is 211 Å². The average molecular weight is 481 g/mol. The molecule has 4 rings (SSSR count). The molecule has 2 aliphatic rings. The van der Waals surface area contributed by atoms with Gasteiger partial charge in [-0.1, -0.05) is 56.2 Å². The van der Waals surface area contributed by atoms with E-state index in [1.807, 2.05) is 0 Å². The standard InChI is InChI=1S/C32H42F2O/c1-3-5-23-6-11-25(12-7-23)27-16-18-28(19-17-27)26-13-8-24(9-14-26)10-15-29-20-21-30(35-22-4-2)32(34)31(29)33/h4,16-26H,3,5-15H2,1-2H3/b22-4+. The maximum atomic E-state index is 14.5. The van der Waals surface area contributed by atoms with Crippen molar-refractivity contribution in [1.82, 2.24) is 0 Å². The summed E-state index contributed by atoms with van der Waals surface area (Å²) in [6, 6.07) is 12.8. The van der Waals surface area contributed by atoms with Crippen molar-refractivity contribution in [3.05, 3.63) is 77.1 Å². The second-order valence-electron chi connectivity index (χ2n) is 10.9. The Morgan fingerprint density at radius 3 is 1.80 bits per heavy atom. The highest BCUT2D eigenvalue weighted by Gasteiger charge is 2.25. The number of benzene rings is 2. The molecule has 0 spiro atoms. The van der Waals surface area contributed by atoms with Gasteiger partial charge in [0.05, 0.1) is 6.26 Å². The minimum absolute atomic E-state index is 0.0555. The van der Waals surface area contributed by atoms with E-state index in [-0.39, 0.29) is 5.75 Å². The summed E-state index contributed by atoms with van der Waals surface area (Å²) in [5, 5.41) is 0. The quantitative estimate of drug-likeness (QED) is 0.324. The molecule has 2 aliphatic carbocycles. The molecule has 0 N–H and O–H groups in total. The third kappa shape index (κ3) is 6.74. The van der Waals surface area contributed by atoms with Crippen LogP contribution < -0.4 is 4.74 Å². The molecular formula is C32H42F2O. The number of hydrogen-bond donors (Lipinski definition) is 0. The largest absolute Gasteiger partial charge is 0.462 e. The van der Waals surface area contributed by atoms with Crippen molar-refractivity contribution >= 4 is 0 Å². The van der Waals surface area contributed by atoms with Gasteiger partial charge in [0, 0.05) is 0 Å². The summed E-state index contributed by atoms with van der Waals surface area (Å²) in [4.78, 5) is 0. The van der Waals surface area contributed by atoms with E-state index in [1.54, 1.807) is 19.1 Å². The van der Waals surface area contributed by atoms with Crippen LogP contribution in [0.25, 0.3) is 0 Å². The molecule has 190 valence electrons. The van der Waals surface area contributed by atoms with Crippen molar-refractivity contribution in [3.63, 3.8) is 0 Å².